The van der Waals surface area contributed by atoms with Gasteiger partial charge in [0, 0.05) is 11.1 Å². The minimum absolute atomic E-state index is 1.06. The molecule has 2 aromatic carbocycles. The molecule has 0 aliphatic carbocycles. The SMILES string of the molecule is CCc1cccc(C#Cc2ccc(C)cc2)c1. The lowest BCUT2D eigenvalue weighted by atomic mass is 10.1. The van der Waals surface area contributed by atoms with E-state index in [1.807, 2.05) is 0 Å². The van der Waals surface area contributed by atoms with Crippen LogP contribution in [0.4, 0.5) is 0 Å². The lowest BCUT2D eigenvalue weighted by molar-refractivity contribution is 1.14. The Balaban J connectivity index is 2.23. The van der Waals surface area contributed by atoms with Crippen LogP contribution in [0.15, 0.2) is 48.5 Å². The van der Waals surface area contributed by atoms with Gasteiger partial charge in [0.05, 0.1) is 0 Å². The van der Waals surface area contributed by atoms with Gasteiger partial charge in [0.25, 0.3) is 0 Å². The summed E-state index contributed by atoms with van der Waals surface area (Å²) in [5.41, 5.74) is 4.76. The Bertz CT molecular complexity index is 551. The lowest BCUT2D eigenvalue weighted by Crippen LogP contribution is -1.81. The summed E-state index contributed by atoms with van der Waals surface area (Å²) in [7, 11) is 0. The van der Waals surface area contributed by atoms with Crippen molar-refractivity contribution in [3.05, 3.63) is 70.8 Å². The highest BCUT2D eigenvalue weighted by molar-refractivity contribution is 5.44. The first kappa shape index (κ1) is 11.5. The standard InChI is InChI=1S/C17H16/c1-3-15-5-4-6-17(13-15)12-11-16-9-7-14(2)8-10-16/h4-10,13H,3H2,1-2H3. The van der Waals surface area contributed by atoms with E-state index in [0.29, 0.717) is 0 Å². The molecule has 0 aliphatic heterocycles. The molecular formula is C17H16. The van der Waals surface area contributed by atoms with E-state index < -0.39 is 0 Å². The summed E-state index contributed by atoms with van der Waals surface area (Å²) in [6.45, 7) is 4.24. The molecule has 0 heteroatoms. The summed E-state index contributed by atoms with van der Waals surface area (Å²) in [6.07, 6.45) is 1.06. The van der Waals surface area contributed by atoms with E-state index in [1.54, 1.807) is 0 Å². The van der Waals surface area contributed by atoms with Crippen LogP contribution in [0.25, 0.3) is 0 Å². The zero-order valence-electron chi connectivity index (χ0n) is 10.3. The van der Waals surface area contributed by atoms with Crippen LogP contribution >= 0.6 is 0 Å². The van der Waals surface area contributed by atoms with Gasteiger partial charge >= 0.3 is 0 Å². The third kappa shape index (κ3) is 3.23. The Morgan fingerprint density at radius 2 is 1.59 bits per heavy atom. The van der Waals surface area contributed by atoms with Crippen molar-refractivity contribution in [1.82, 2.24) is 0 Å². The van der Waals surface area contributed by atoms with Crippen molar-refractivity contribution in [2.45, 2.75) is 20.3 Å². The second kappa shape index (κ2) is 5.37. The van der Waals surface area contributed by atoms with Crippen molar-refractivity contribution in [1.29, 1.82) is 0 Å². The molecule has 0 bridgehead atoms. The molecule has 0 saturated carbocycles. The highest BCUT2D eigenvalue weighted by Crippen LogP contribution is 2.06. The van der Waals surface area contributed by atoms with Gasteiger partial charge in [-0.3, -0.25) is 0 Å². The van der Waals surface area contributed by atoms with Gasteiger partial charge in [-0.05, 0) is 43.2 Å². The van der Waals surface area contributed by atoms with E-state index in [9.17, 15) is 0 Å². The van der Waals surface area contributed by atoms with Gasteiger partial charge in [-0.2, -0.15) is 0 Å². The van der Waals surface area contributed by atoms with Gasteiger partial charge in [-0.1, -0.05) is 48.6 Å². The molecule has 84 valence electrons. The molecule has 0 N–H and O–H groups in total. The number of hydrogen-bond acceptors (Lipinski definition) is 0. The third-order valence-corrected chi connectivity index (χ3v) is 2.74. The number of hydrogen-bond donors (Lipinski definition) is 0. The fourth-order valence-corrected chi connectivity index (χ4v) is 1.65. The van der Waals surface area contributed by atoms with Crippen molar-refractivity contribution >= 4 is 0 Å². The van der Waals surface area contributed by atoms with E-state index in [0.717, 1.165) is 17.5 Å². The van der Waals surface area contributed by atoms with Gasteiger partial charge < -0.3 is 0 Å². The fourth-order valence-electron chi connectivity index (χ4n) is 1.65. The maximum absolute atomic E-state index is 3.21. The van der Waals surface area contributed by atoms with Crippen LogP contribution in [-0.4, -0.2) is 0 Å². The molecule has 17 heavy (non-hydrogen) atoms. The van der Waals surface area contributed by atoms with E-state index in [1.165, 1.54) is 11.1 Å². The van der Waals surface area contributed by atoms with E-state index in [-0.39, 0.29) is 0 Å². The summed E-state index contributed by atoms with van der Waals surface area (Å²) in [5.74, 6) is 6.39. The Labute approximate surface area is 103 Å². The van der Waals surface area contributed by atoms with Crippen LogP contribution in [-0.2, 0) is 6.42 Å². The van der Waals surface area contributed by atoms with Crippen LogP contribution in [0, 0.1) is 18.8 Å². The summed E-state index contributed by atoms with van der Waals surface area (Å²) in [5, 5.41) is 0. The van der Waals surface area contributed by atoms with Crippen molar-refractivity contribution in [2.24, 2.45) is 0 Å². The minimum atomic E-state index is 1.06. The van der Waals surface area contributed by atoms with Crippen molar-refractivity contribution < 1.29 is 0 Å². The van der Waals surface area contributed by atoms with Gasteiger partial charge in [0.2, 0.25) is 0 Å². The van der Waals surface area contributed by atoms with E-state index in [2.05, 4.69) is 74.2 Å². The summed E-state index contributed by atoms with van der Waals surface area (Å²) < 4.78 is 0. The first-order valence-corrected chi connectivity index (χ1v) is 5.95. The maximum atomic E-state index is 3.21. The fraction of sp³-hybridized carbons (Fsp3) is 0.176. The number of aryl methyl sites for hydroxylation is 2. The van der Waals surface area contributed by atoms with Gasteiger partial charge in [0.1, 0.15) is 0 Å². The molecule has 0 fully saturated rings. The van der Waals surface area contributed by atoms with E-state index >= 15 is 0 Å². The normalized spacial score (nSPS) is 9.53. The highest BCUT2D eigenvalue weighted by atomic mass is 13.9. The summed E-state index contributed by atoms with van der Waals surface area (Å²) >= 11 is 0. The van der Waals surface area contributed by atoms with Gasteiger partial charge in [-0.15, -0.1) is 0 Å². The molecule has 0 unspecified atom stereocenters. The number of rotatable bonds is 1. The molecule has 0 saturated heterocycles. The molecule has 2 aromatic rings. The van der Waals surface area contributed by atoms with Gasteiger partial charge in [-0.25, -0.2) is 0 Å². The average Bonchev–Trinajstić information content (AvgIpc) is 2.38. The summed E-state index contributed by atoms with van der Waals surface area (Å²) in [4.78, 5) is 0. The Kier molecular flexibility index (Phi) is 3.62. The molecule has 0 radical (unpaired) electrons. The molecule has 0 atom stereocenters. The molecular weight excluding hydrogens is 204 g/mol. The van der Waals surface area contributed by atoms with Crippen molar-refractivity contribution in [3.8, 4) is 11.8 Å². The zero-order valence-corrected chi connectivity index (χ0v) is 10.3. The largest absolute Gasteiger partial charge is 0.0617 e. The van der Waals surface area contributed by atoms with Crippen LogP contribution in [0.5, 0.6) is 0 Å². The smallest absolute Gasteiger partial charge is 0.0251 e. The predicted molar refractivity (Wildman–Crippen MR) is 73.0 cm³/mol. The molecule has 0 spiro atoms. The molecule has 0 nitrogen and oxygen atoms in total. The first-order valence-electron chi connectivity index (χ1n) is 5.95. The average molecular weight is 220 g/mol. The van der Waals surface area contributed by atoms with Crippen molar-refractivity contribution in [2.75, 3.05) is 0 Å². The second-order valence-electron chi connectivity index (χ2n) is 4.17. The van der Waals surface area contributed by atoms with Crippen LogP contribution < -0.4 is 0 Å². The Morgan fingerprint density at radius 1 is 0.882 bits per heavy atom. The molecule has 0 amide bonds. The zero-order chi connectivity index (χ0) is 12.1. The lowest BCUT2D eigenvalue weighted by Gasteiger charge is -1.96. The van der Waals surface area contributed by atoms with E-state index in [4.69, 9.17) is 0 Å². The summed E-state index contributed by atoms with van der Waals surface area (Å²) in [6, 6.07) is 16.7. The quantitative estimate of drug-likeness (QED) is 0.638. The Morgan fingerprint density at radius 3 is 2.29 bits per heavy atom. The molecule has 0 heterocycles. The van der Waals surface area contributed by atoms with Crippen LogP contribution in [0.3, 0.4) is 0 Å². The monoisotopic (exact) mass is 220 g/mol. The minimum Gasteiger partial charge on any atom is -0.0617 e. The second-order valence-corrected chi connectivity index (χ2v) is 4.17. The third-order valence-electron chi connectivity index (χ3n) is 2.74. The Hall–Kier alpha value is -2.00. The molecule has 0 aliphatic rings. The van der Waals surface area contributed by atoms with Gasteiger partial charge in [0.15, 0.2) is 0 Å². The number of benzene rings is 2. The highest BCUT2D eigenvalue weighted by Gasteiger charge is 1.90. The maximum Gasteiger partial charge on any atom is 0.0251 e. The first-order chi connectivity index (χ1) is 8.28. The molecule has 2 rings (SSSR count). The molecule has 0 aromatic heterocycles. The predicted octanol–water partition coefficient (Wildman–Crippen LogP) is 3.96. The van der Waals surface area contributed by atoms with Crippen molar-refractivity contribution in [3.63, 3.8) is 0 Å². The topological polar surface area (TPSA) is 0 Å². The van der Waals surface area contributed by atoms with Crippen LogP contribution in [0.2, 0.25) is 0 Å². The van der Waals surface area contributed by atoms with Crippen LogP contribution in [0.1, 0.15) is 29.2 Å².